The van der Waals surface area contributed by atoms with Gasteiger partial charge in [0.2, 0.25) is 0 Å². The van der Waals surface area contributed by atoms with Gasteiger partial charge in [-0.3, -0.25) is 4.79 Å². The van der Waals surface area contributed by atoms with Gasteiger partial charge in [-0.1, -0.05) is 42.6 Å². The summed E-state index contributed by atoms with van der Waals surface area (Å²) in [6.45, 7) is 2.47. The van der Waals surface area contributed by atoms with E-state index in [1.807, 2.05) is 6.92 Å². The van der Waals surface area contributed by atoms with Gasteiger partial charge in [0, 0.05) is 6.54 Å². The standard InChI is InChI=1S/C12H14Cl3NO/c1-2-4-8(13)7-16-12(17)9-5-3-6-10(14)11(9)15/h3,5-6,8H,2,4,7H2,1H3,(H,16,17). The molecule has 0 radical (unpaired) electrons. The van der Waals surface area contributed by atoms with Gasteiger partial charge in [0.15, 0.2) is 0 Å². The first-order valence-corrected chi connectivity index (χ1v) is 6.61. The predicted octanol–water partition coefficient (Wildman–Crippen LogP) is 4.13. The molecule has 0 aliphatic rings. The molecule has 0 saturated heterocycles. The van der Waals surface area contributed by atoms with E-state index >= 15 is 0 Å². The Hall–Kier alpha value is -0.440. The Morgan fingerprint density at radius 3 is 2.76 bits per heavy atom. The van der Waals surface area contributed by atoms with Crippen LogP contribution in [0.4, 0.5) is 0 Å². The zero-order chi connectivity index (χ0) is 12.8. The largest absolute Gasteiger partial charge is 0.351 e. The third kappa shape index (κ3) is 4.38. The zero-order valence-electron chi connectivity index (χ0n) is 9.47. The average Bonchev–Trinajstić information content (AvgIpc) is 2.30. The number of rotatable bonds is 5. The SMILES string of the molecule is CCCC(Cl)CNC(=O)c1cccc(Cl)c1Cl. The number of hydrogen-bond acceptors (Lipinski definition) is 1. The summed E-state index contributed by atoms with van der Waals surface area (Å²) in [5, 5.41) is 3.33. The summed E-state index contributed by atoms with van der Waals surface area (Å²) in [7, 11) is 0. The molecule has 5 heteroatoms. The van der Waals surface area contributed by atoms with Crippen molar-refractivity contribution in [3.63, 3.8) is 0 Å². The Bertz CT molecular complexity index is 395. The molecule has 0 aliphatic heterocycles. The molecule has 0 saturated carbocycles. The van der Waals surface area contributed by atoms with Crippen molar-refractivity contribution in [2.45, 2.75) is 25.1 Å². The Balaban J connectivity index is 2.61. The monoisotopic (exact) mass is 293 g/mol. The van der Waals surface area contributed by atoms with Crippen LogP contribution in [0.25, 0.3) is 0 Å². The number of benzene rings is 1. The maximum absolute atomic E-state index is 11.8. The highest BCUT2D eigenvalue weighted by atomic mass is 35.5. The minimum absolute atomic E-state index is 0.0538. The van der Waals surface area contributed by atoms with Gasteiger partial charge in [-0.05, 0) is 18.6 Å². The third-order valence-corrected chi connectivity index (χ3v) is 3.47. The lowest BCUT2D eigenvalue weighted by atomic mass is 10.2. The molecule has 94 valence electrons. The highest BCUT2D eigenvalue weighted by molar-refractivity contribution is 6.43. The number of hydrogen-bond donors (Lipinski definition) is 1. The van der Waals surface area contributed by atoms with Crippen molar-refractivity contribution in [2.75, 3.05) is 6.54 Å². The lowest BCUT2D eigenvalue weighted by Gasteiger charge is -2.10. The van der Waals surface area contributed by atoms with E-state index < -0.39 is 0 Å². The summed E-state index contributed by atoms with van der Waals surface area (Å²) < 4.78 is 0. The second-order valence-electron chi connectivity index (χ2n) is 3.70. The molecule has 1 aromatic carbocycles. The van der Waals surface area contributed by atoms with Crippen LogP contribution in [0.1, 0.15) is 30.1 Å². The second-order valence-corrected chi connectivity index (χ2v) is 5.10. The van der Waals surface area contributed by atoms with E-state index in [0.29, 0.717) is 17.1 Å². The summed E-state index contributed by atoms with van der Waals surface area (Å²) in [6, 6.07) is 4.96. The number of carbonyl (C=O) groups is 1. The summed E-state index contributed by atoms with van der Waals surface area (Å²) in [4.78, 5) is 11.8. The summed E-state index contributed by atoms with van der Waals surface area (Å²) in [6.07, 6.45) is 1.85. The Morgan fingerprint density at radius 1 is 1.41 bits per heavy atom. The first kappa shape index (κ1) is 14.6. The average molecular weight is 295 g/mol. The molecule has 0 heterocycles. The zero-order valence-corrected chi connectivity index (χ0v) is 11.7. The van der Waals surface area contributed by atoms with Crippen molar-refractivity contribution in [3.05, 3.63) is 33.8 Å². The van der Waals surface area contributed by atoms with Gasteiger partial charge >= 0.3 is 0 Å². The van der Waals surface area contributed by atoms with Gasteiger partial charge in [-0.25, -0.2) is 0 Å². The molecule has 0 fully saturated rings. The summed E-state index contributed by atoms with van der Waals surface area (Å²) in [5.74, 6) is -0.251. The molecular formula is C12H14Cl3NO. The molecule has 17 heavy (non-hydrogen) atoms. The van der Waals surface area contributed by atoms with Crippen LogP contribution in [-0.2, 0) is 0 Å². The molecule has 0 bridgehead atoms. The molecule has 1 N–H and O–H groups in total. The predicted molar refractivity (Wildman–Crippen MR) is 73.3 cm³/mol. The molecule has 1 rings (SSSR count). The van der Waals surface area contributed by atoms with E-state index in [0.717, 1.165) is 12.8 Å². The van der Waals surface area contributed by atoms with Crippen molar-refractivity contribution in [1.82, 2.24) is 5.32 Å². The summed E-state index contributed by atoms with van der Waals surface area (Å²) in [5.41, 5.74) is 0.375. The van der Waals surface area contributed by atoms with Gasteiger partial charge in [0.05, 0.1) is 21.0 Å². The molecule has 0 spiro atoms. The van der Waals surface area contributed by atoms with Gasteiger partial charge in [-0.2, -0.15) is 0 Å². The highest BCUT2D eigenvalue weighted by Gasteiger charge is 2.13. The van der Waals surface area contributed by atoms with Crippen LogP contribution >= 0.6 is 34.8 Å². The van der Waals surface area contributed by atoms with Crippen LogP contribution in [0.3, 0.4) is 0 Å². The van der Waals surface area contributed by atoms with Gasteiger partial charge < -0.3 is 5.32 Å². The first-order chi connectivity index (χ1) is 8.06. The quantitative estimate of drug-likeness (QED) is 0.813. The topological polar surface area (TPSA) is 29.1 Å². The lowest BCUT2D eigenvalue weighted by molar-refractivity contribution is 0.0953. The second kappa shape index (κ2) is 7.10. The normalized spacial score (nSPS) is 12.2. The fraction of sp³-hybridized carbons (Fsp3) is 0.417. The van der Waals surface area contributed by atoms with Crippen molar-refractivity contribution in [1.29, 1.82) is 0 Å². The van der Waals surface area contributed by atoms with E-state index in [-0.39, 0.29) is 16.3 Å². The van der Waals surface area contributed by atoms with Crippen molar-refractivity contribution in [2.24, 2.45) is 0 Å². The maximum atomic E-state index is 11.8. The third-order valence-electron chi connectivity index (χ3n) is 2.28. The molecule has 0 aliphatic carbocycles. The molecule has 1 aromatic rings. The van der Waals surface area contributed by atoms with Crippen LogP contribution in [0.5, 0.6) is 0 Å². The number of nitrogens with one attached hydrogen (secondary N) is 1. The van der Waals surface area contributed by atoms with Gasteiger partial charge in [-0.15, -0.1) is 11.6 Å². The fourth-order valence-corrected chi connectivity index (χ4v) is 2.07. The molecule has 1 amide bonds. The molecular weight excluding hydrogens is 280 g/mol. The minimum Gasteiger partial charge on any atom is -0.351 e. The van der Waals surface area contributed by atoms with Crippen molar-refractivity contribution < 1.29 is 4.79 Å². The number of alkyl halides is 1. The number of halogens is 3. The van der Waals surface area contributed by atoms with E-state index in [9.17, 15) is 4.79 Å². The molecule has 1 unspecified atom stereocenters. The first-order valence-electron chi connectivity index (χ1n) is 5.42. The van der Waals surface area contributed by atoms with Crippen LogP contribution in [0, 0.1) is 0 Å². The van der Waals surface area contributed by atoms with Crippen LogP contribution in [-0.4, -0.2) is 17.8 Å². The molecule has 1 atom stereocenters. The van der Waals surface area contributed by atoms with E-state index in [4.69, 9.17) is 34.8 Å². The van der Waals surface area contributed by atoms with E-state index in [2.05, 4.69) is 5.32 Å². The Morgan fingerprint density at radius 2 is 2.12 bits per heavy atom. The molecule has 0 aromatic heterocycles. The Kier molecular flexibility index (Phi) is 6.10. The van der Waals surface area contributed by atoms with Crippen LogP contribution in [0.15, 0.2) is 18.2 Å². The fourth-order valence-electron chi connectivity index (χ4n) is 1.39. The van der Waals surface area contributed by atoms with Crippen molar-refractivity contribution in [3.8, 4) is 0 Å². The number of carbonyl (C=O) groups excluding carboxylic acids is 1. The minimum atomic E-state index is -0.251. The highest BCUT2D eigenvalue weighted by Crippen LogP contribution is 2.25. The van der Waals surface area contributed by atoms with Gasteiger partial charge in [0.1, 0.15) is 0 Å². The smallest absolute Gasteiger partial charge is 0.252 e. The molecule has 2 nitrogen and oxygen atoms in total. The maximum Gasteiger partial charge on any atom is 0.252 e. The Labute approximate surface area is 116 Å². The summed E-state index contributed by atoms with van der Waals surface area (Å²) >= 11 is 17.8. The van der Waals surface area contributed by atoms with Gasteiger partial charge in [0.25, 0.3) is 5.91 Å². The lowest BCUT2D eigenvalue weighted by Crippen LogP contribution is -2.29. The van der Waals surface area contributed by atoms with Crippen molar-refractivity contribution >= 4 is 40.7 Å². The van der Waals surface area contributed by atoms with E-state index in [1.165, 1.54) is 0 Å². The van der Waals surface area contributed by atoms with Crippen LogP contribution < -0.4 is 5.32 Å². The van der Waals surface area contributed by atoms with E-state index in [1.54, 1.807) is 18.2 Å². The van der Waals surface area contributed by atoms with Crippen LogP contribution in [0.2, 0.25) is 10.0 Å². The number of amides is 1.